The SMILES string of the molecule is CCCCCCCCN1C(=N)C(Cl)=C(C(=O)O)NC1C1CC1. The second-order valence-electron chi connectivity index (χ2n) is 6.23. The predicted molar refractivity (Wildman–Crippen MR) is 88.0 cm³/mol. The summed E-state index contributed by atoms with van der Waals surface area (Å²) in [5.74, 6) is -0.498. The molecule has 22 heavy (non-hydrogen) atoms. The van der Waals surface area contributed by atoms with Crippen molar-refractivity contribution in [2.24, 2.45) is 5.92 Å². The molecule has 1 heterocycles. The number of unbranched alkanes of at least 4 members (excludes halogenated alkanes) is 5. The first-order chi connectivity index (χ1) is 10.6. The van der Waals surface area contributed by atoms with Crippen LogP contribution < -0.4 is 5.32 Å². The van der Waals surface area contributed by atoms with Gasteiger partial charge in [0.1, 0.15) is 22.7 Å². The fourth-order valence-corrected chi connectivity index (χ4v) is 3.17. The van der Waals surface area contributed by atoms with Crippen LogP contribution in [0.3, 0.4) is 0 Å². The van der Waals surface area contributed by atoms with E-state index >= 15 is 0 Å². The van der Waals surface area contributed by atoms with Crippen molar-refractivity contribution in [1.29, 1.82) is 5.41 Å². The standard InChI is InChI=1S/C16H26ClN3O2/c1-2-3-4-5-6-7-10-20-14(18)12(17)13(16(21)22)19-15(20)11-8-9-11/h11,15,18-19H,2-10H2,1H3,(H,21,22). The first-order valence-electron chi connectivity index (χ1n) is 8.31. The smallest absolute Gasteiger partial charge is 0.353 e. The summed E-state index contributed by atoms with van der Waals surface area (Å²) in [5.41, 5.74) is -0.0252. The van der Waals surface area contributed by atoms with Crippen LogP contribution in [0.5, 0.6) is 0 Å². The maximum atomic E-state index is 11.2. The summed E-state index contributed by atoms with van der Waals surface area (Å²) in [6, 6.07) is 0. The van der Waals surface area contributed by atoms with E-state index in [0.29, 0.717) is 5.92 Å². The molecular weight excluding hydrogens is 302 g/mol. The van der Waals surface area contributed by atoms with Gasteiger partial charge in [-0.25, -0.2) is 4.79 Å². The van der Waals surface area contributed by atoms with E-state index in [1.54, 1.807) is 0 Å². The molecule has 6 heteroatoms. The number of hydrogen-bond donors (Lipinski definition) is 3. The van der Waals surface area contributed by atoms with Gasteiger partial charge in [0.05, 0.1) is 0 Å². The van der Waals surface area contributed by atoms with Gasteiger partial charge in [-0.2, -0.15) is 0 Å². The van der Waals surface area contributed by atoms with Gasteiger partial charge >= 0.3 is 5.97 Å². The Balaban J connectivity index is 1.93. The monoisotopic (exact) mass is 327 g/mol. The number of amidine groups is 1. The topological polar surface area (TPSA) is 76.4 Å². The van der Waals surface area contributed by atoms with Crippen LogP contribution in [0, 0.1) is 11.3 Å². The zero-order valence-electron chi connectivity index (χ0n) is 13.2. The zero-order chi connectivity index (χ0) is 16.1. The van der Waals surface area contributed by atoms with Crippen LogP contribution in [0.1, 0.15) is 58.3 Å². The minimum absolute atomic E-state index is 0.0235. The second-order valence-corrected chi connectivity index (χ2v) is 6.61. The van der Waals surface area contributed by atoms with Crippen LogP contribution in [0.15, 0.2) is 10.7 Å². The maximum Gasteiger partial charge on any atom is 0.353 e. The summed E-state index contributed by atoms with van der Waals surface area (Å²) in [4.78, 5) is 13.2. The molecule has 0 radical (unpaired) electrons. The fraction of sp³-hybridized carbons (Fsp3) is 0.750. The van der Waals surface area contributed by atoms with Crippen molar-refractivity contribution in [1.82, 2.24) is 10.2 Å². The lowest BCUT2D eigenvalue weighted by Gasteiger charge is -2.39. The molecule has 0 bridgehead atoms. The maximum absolute atomic E-state index is 11.2. The quantitative estimate of drug-likeness (QED) is 0.566. The molecule has 0 saturated heterocycles. The molecule has 0 spiro atoms. The largest absolute Gasteiger partial charge is 0.477 e. The lowest BCUT2D eigenvalue weighted by molar-refractivity contribution is -0.133. The third-order valence-corrected chi connectivity index (χ3v) is 4.75. The van der Waals surface area contributed by atoms with Gasteiger partial charge in [-0.15, -0.1) is 0 Å². The van der Waals surface area contributed by atoms with Gasteiger partial charge in [-0.05, 0) is 25.2 Å². The number of carboxylic acids is 1. The summed E-state index contributed by atoms with van der Waals surface area (Å²) in [6.07, 6.45) is 9.26. The highest BCUT2D eigenvalue weighted by atomic mass is 35.5. The van der Waals surface area contributed by atoms with Crippen LogP contribution in [-0.4, -0.2) is 34.5 Å². The van der Waals surface area contributed by atoms with Gasteiger partial charge in [-0.1, -0.05) is 50.6 Å². The van der Waals surface area contributed by atoms with E-state index in [0.717, 1.165) is 32.2 Å². The van der Waals surface area contributed by atoms with Crippen LogP contribution in [0.2, 0.25) is 0 Å². The number of aliphatic carboxylic acids is 1. The molecule has 0 aromatic carbocycles. The third kappa shape index (κ3) is 4.15. The molecule has 1 unspecified atom stereocenters. The molecule has 0 amide bonds. The number of rotatable bonds is 9. The molecule has 2 rings (SSSR count). The molecular formula is C16H26ClN3O2. The van der Waals surface area contributed by atoms with E-state index in [4.69, 9.17) is 17.0 Å². The van der Waals surface area contributed by atoms with Crippen molar-refractivity contribution < 1.29 is 9.90 Å². The Morgan fingerprint density at radius 3 is 2.55 bits per heavy atom. The Hall–Kier alpha value is -1.23. The van der Waals surface area contributed by atoms with E-state index in [-0.39, 0.29) is 22.7 Å². The highest BCUT2D eigenvalue weighted by Gasteiger charge is 2.41. The van der Waals surface area contributed by atoms with E-state index in [2.05, 4.69) is 12.2 Å². The molecule has 124 valence electrons. The van der Waals surface area contributed by atoms with Crippen LogP contribution in [-0.2, 0) is 4.79 Å². The molecule has 1 atom stereocenters. The van der Waals surface area contributed by atoms with Crippen molar-refractivity contribution >= 4 is 23.4 Å². The third-order valence-electron chi connectivity index (χ3n) is 4.38. The lowest BCUT2D eigenvalue weighted by atomic mass is 10.1. The molecule has 5 nitrogen and oxygen atoms in total. The molecule has 2 aliphatic rings. The summed E-state index contributed by atoms with van der Waals surface area (Å²) >= 11 is 6.06. The molecule has 0 aromatic rings. The predicted octanol–water partition coefficient (Wildman–Crippen LogP) is 3.50. The van der Waals surface area contributed by atoms with Gasteiger partial charge in [0.15, 0.2) is 0 Å². The number of hydrogen-bond acceptors (Lipinski definition) is 3. The van der Waals surface area contributed by atoms with E-state index in [1.165, 1.54) is 25.7 Å². The van der Waals surface area contributed by atoms with Crippen LogP contribution in [0.25, 0.3) is 0 Å². The molecule has 1 aliphatic heterocycles. The number of nitrogens with one attached hydrogen (secondary N) is 2. The van der Waals surface area contributed by atoms with Gasteiger partial charge in [0.2, 0.25) is 0 Å². The highest BCUT2D eigenvalue weighted by Crippen LogP contribution is 2.37. The minimum Gasteiger partial charge on any atom is -0.477 e. The minimum atomic E-state index is -1.08. The first kappa shape index (κ1) is 17.1. The molecule has 0 aromatic heterocycles. The average Bonchev–Trinajstić information content (AvgIpc) is 3.31. The molecule has 1 aliphatic carbocycles. The van der Waals surface area contributed by atoms with Crippen LogP contribution in [0.4, 0.5) is 0 Å². The Labute approximate surface area is 137 Å². The number of carbonyl (C=O) groups is 1. The Bertz CT molecular complexity index is 460. The van der Waals surface area contributed by atoms with Crippen molar-refractivity contribution in [3.05, 3.63) is 10.7 Å². The van der Waals surface area contributed by atoms with E-state index < -0.39 is 5.97 Å². The summed E-state index contributed by atoms with van der Waals surface area (Å²) in [6.45, 7) is 2.97. The summed E-state index contributed by atoms with van der Waals surface area (Å²) < 4.78 is 0. The average molecular weight is 328 g/mol. The van der Waals surface area contributed by atoms with Crippen molar-refractivity contribution in [2.75, 3.05) is 6.54 Å². The normalized spacial score (nSPS) is 22.0. The van der Waals surface area contributed by atoms with E-state index in [9.17, 15) is 9.90 Å². The summed E-state index contributed by atoms with van der Waals surface area (Å²) in [5, 5.41) is 20.5. The Kier molecular flexibility index (Phi) is 6.12. The van der Waals surface area contributed by atoms with Crippen LogP contribution >= 0.6 is 11.6 Å². The van der Waals surface area contributed by atoms with Gasteiger partial charge in [-0.3, -0.25) is 5.41 Å². The lowest BCUT2D eigenvalue weighted by Crippen LogP contribution is -2.55. The molecule has 1 saturated carbocycles. The Morgan fingerprint density at radius 2 is 1.95 bits per heavy atom. The van der Waals surface area contributed by atoms with Crippen molar-refractivity contribution in [3.63, 3.8) is 0 Å². The van der Waals surface area contributed by atoms with Gasteiger partial charge in [0, 0.05) is 6.54 Å². The number of halogens is 1. The molecule has 1 fully saturated rings. The van der Waals surface area contributed by atoms with Gasteiger partial charge in [0.25, 0.3) is 0 Å². The van der Waals surface area contributed by atoms with Gasteiger partial charge < -0.3 is 15.3 Å². The highest BCUT2D eigenvalue weighted by molar-refractivity contribution is 6.44. The number of nitrogens with zero attached hydrogens (tertiary/aromatic N) is 1. The summed E-state index contributed by atoms with van der Waals surface area (Å²) in [7, 11) is 0. The van der Waals surface area contributed by atoms with E-state index in [1.807, 2.05) is 4.90 Å². The number of carboxylic acid groups (broad SMARTS) is 1. The first-order valence-corrected chi connectivity index (χ1v) is 8.69. The van der Waals surface area contributed by atoms with Crippen molar-refractivity contribution in [3.8, 4) is 0 Å². The Morgan fingerprint density at radius 1 is 1.32 bits per heavy atom. The fourth-order valence-electron chi connectivity index (χ4n) is 2.93. The zero-order valence-corrected chi connectivity index (χ0v) is 14.0. The van der Waals surface area contributed by atoms with Crippen molar-refractivity contribution in [2.45, 2.75) is 64.5 Å². The molecule has 3 N–H and O–H groups in total. The second kappa shape index (κ2) is 7.86.